The number of aromatic nitrogens is 2. The molecule has 1 heterocycles. The predicted molar refractivity (Wildman–Crippen MR) is 120 cm³/mol. The molecule has 5 nitrogen and oxygen atoms in total. The molecule has 0 unspecified atom stereocenters. The summed E-state index contributed by atoms with van der Waals surface area (Å²) < 4.78 is 0. The molecule has 3 aromatic rings. The summed E-state index contributed by atoms with van der Waals surface area (Å²) in [5, 5.41) is 7.12. The van der Waals surface area contributed by atoms with Crippen LogP contribution in [0.3, 0.4) is 0 Å². The van der Waals surface area contributed by atoms with E-state index in [1.807, 2.05) is 12.1 Å². The molecular weight excluding hydrogens is 358 g/mol. The van der Waals surface area contributed by atoms with Gasteiger partial charge in [-0.05, 0) is 24.0 Å². The highest BCUT2D eigenvalue weighted by molar-refractivity contribution is 5.75. The van der Waals surface area contributed by atoms with E-state index in [0.717, 1.165) is 16.9 Å². The molecule has 1 saturated carbocycles. The number of nitrogens with zero attached hydrogens (tertiary/aromatic N) is 2. The lowest BCUT2D eigenvalue weighted by molar-refractivity contribution is 0.618. The monoisotopic (exact) mass is 387 g/mol. The maximum absolute atomic E-state index is 6.49. The molecule has 1 aliphatic carbocycles. The van der Waals surface area contributed by atoms with Crippen molar-refractivity contribution in [1.82, 2.24) is 9.97 Å². The standard InChI is InChI=1S/C24H29N5/c25-21-23(28-20-15-9-1-2-10-16-20)26-17-27-24(21)29-22(18-11-5-3-6-12-18)19-13-7-4-8-14-19/h3-8,11-14,17,20,22H,1-2,9-10,15-16,25H2,(H2,26,27,28,29). The Balaban J connectivity index is 1.59. The van der Waals surface area contributed by atoms with Gasteiger partial charge in [-0.3, -0.25) is 0 Å². The second-order valence-corrected chi connectivity index (χ2v) is 7.72. The summed E-state index contributed by atoms with van der Waals surface area (Å²) in [5.41, 5.74) is 9.40. The van der Waals surface area contributed by atoms with Gasteiger partial charge in [0.1, 0.15) is 12.0 Å². The van der Waals surface area contributed by atoms with Crippen LogP contribution in [0.25, 0.3) is 0 Å². The molecule has 29 heavy (non-hydrogen) atoms. The van der Waals surface area contributed by atoms with E-state index < -0.39 is 0 Å². The SMILES string of the molecule is Nc1c(NC2CCCCCC2)ncnc1NC(c1ccccc1)c1ccccc1. The summed E-state index contributed by atoms with van der Waals surface area (Å²) in [6, 6.07) is 21.1. The normalized spacial score (nSPS) is 15.1. The van der Waals surface area contributed by atoms with Crippen LogP contribution in [0.1, 0.15) is 55.7 Å². The van der Waals surface area contributed by atoms with Crippen LogP contribution in [0.4, 0.5) is 17.3 Å². The minimum Gasteiger partial charge on any atom is -0.393 e. The average molecular weight is 388 g/mol. The molecular formula is C24H29N5. The number of rotatable bonds is 6. The molecule has 0 spiro atoms. The fourth-order valence-corrected chi connectivity index (χ4v) is 4.03. The van der Waals surface area contributed by atoms with Gasteiger partial charge in [-0.2, -0.15) is 0 Å². The van der Waals surface area contributed by atoms with E-state index in [1.54, 1.807) is 6.33 Å². The lowest BCUT2D eigenvalue weighted by Crippen LogP contribution is -2.21. The molecule has 0 bridgehead atoms. The number of anilines is 3. The van der Waals surface area contributed by atoms with E-state index in [4.69, 9.17) is 5.73 Å². The van der Waals surface area contributed by atoms with E-state index in [2.05, 4.69) is 69.1 Å². The fourth-order valence-electron chi connectivity index (χ4n) is 4.03. The number of benzene rings is 2. The zero-order valence-electron chi connectivity index (χ0n) is 16.7. The quantitative estimate of drug-likeness (QED) is 0.494. The van der Waals surface area contributed by atoms with Crippen molar-refractivity contribution in [2.45, 2.75) is 50.6 Å². The Morgan fingerprint density at radius 3 is 1.90 bits per heavy atom. The van der Waals surface area contributed by atoms with Crippen molar-refractivity contribution < 1.29 is 0 Å². The van der Waals surface area contributed by atoms with Gasteiger partial charge in [-0.1, -0.05) is 86.3 Å². The Labute approximate surface area is 172 Å². The van der Waals surface area contributed by atoms with Gasteiger partial charge in [0.25, 0.3) is 0 Å². The lowest BCUT2D eigenvalue weighted by Gasteiger charge is -2.23. The summed E-state index contributed by atoms with van der Waals surface area (Å²) >= 11 is 0. The second-order valence-electron chi connectivity index (χ2n) is 7.72. The summed E-state index contributed by atoms with van der Waals surface area (Å²) in [6.07, 6.45) is 9.09. The molecule has 0 aliphatic heterocycles. The van der Waals surface area contributed by atoms with Gasteiger partial charge in [-0.15, -0.1) is 0 Å². The smallest absolute Gasteiger partial charge is 0.155 e. The number of nitrogens with one attached hydrogen (secondary N) is 2. The van der Waals surface area contributed by atoms with Crippen LogP contribution in [-0.2, 0) is 0 Å². The minimum atomic E-state index is -0.0414. The van der Waals surface area contributed by atoms with Crippen LogP contribution in [0.15, 0.2) is 67.0 Å². The van der Waals surface area contributed by atoms with E-state index in [-0.39, 0.29) is 6.04 Å². The van der Waals surface area contributed by atoms with Crippen molar-refractivity contribution in [3.63, 3.8) is 0 Å². The maximum Gasteiger partial charge on any atom is 0.155 e. The van der Waals surface area contributed by atoms with Crippen LogP contribution in [0.5, 0.6) is 0 Å². The van der Waals surface area contributed by atoms with Gasteiger partial charge >= 0.3 is 0 Å². The first-order valence-corrected chi connectivity index (χ1v) is 10.5. The van der Waals surface area contributed by atoms with Crippen molar-refractivity contribution in [3.8, 4) is 0 Å². The Morgan fingerprint density at radius 1 is 0.759 bits per heavy atom. The molecule has 1 fully saturated rings. The van der Waals surface area contributed by atoms with E-state index in [9.17, 15) is 0 Å². The molecule has 2 aromatic carbocycles. The number of hydrogen-bond donors (Lipinski definition) is 3. The molecule has 4 N–H and O–H groups in total. The molecule has 150 valence electrons. The third kappa shape index (κ3) is 4.86. The number of nitrogens with two attached hydrogens (primary N) is 1. The summed E-state index contributed by atoms with van der Waals surface area (Å²) in [7, 11) is 0. The molecule has 4 rings (SSSR count). The van der Waals surface area contributed by atoms with E-state index in [1.165, 1.54) is 38.5 Å². The third-order valence-corrected chi connectivity index (χ3v) is 5.63. The van der Waals surface area contributed by atoms with Crippen molar-refractivity contribution >= 4 is 17.3 Å². The van der Waals surface area contributed by atoms with E-state index in [0.29, 0.717) is 17.5 Å². The predicted octanol–water partition coefficient (Wildman–Crippen LogP) is 5.40. The Morgan fingerprint density at radius 2 is 1.31 bits per heavy atom. The van der Waals surface area contributed by atoms with Crippen LogP contribution in [0, 0.1) is 0 Å². The second kappa shape index (κ2) is 9.41. The molecule has 0 saturated heterocycles. The van der Waals surface area contributed by atoms with Crippen molar-refractivity contribution in [2.75, 3.05) is 16.4 Å². The fraction of sp³-hybridized carbons (Fsp3) is 0.333. The van der Waals surface area contributed by atoms with E-state index >= 15 is 0 Å². The van der Waals surface area contributed by atoms with Crippen LogP contribution in [-0.4, -0.2) is 16.0 Å². The largest absolute Gasteiger partial charge is 0.393 e. The first-order chi connectivity index (χ1) is 14.3. The number of nitrogen functional groups attached to an aromatic ring is 1. The number of hydrogen-bond acceptors (Lipinski definition) is 5. The molecule has 1 aromatic heterocycles. The Hall–Kier alpha value is -3.08. The zero-order valence-corrected chi connectivity index (χ0v) is 16.7. The van der Waals surface area contributed by atoms with Crippen molar-refractivity contribution in [1.29, 1.82) is 0 Å². The highest BCUT2D eigenvalue weighted by Crippen LogP contribution is 2.31. The maximum atomic E-state index is 6.49. The van der Waals surface area contributed by atoms with Gasteiger partial charge < -0.3 is 16.4 Å². The van der Waals surface area contributed by atoms with Crippen LogP contribution >= 0.6 is 0 Å². The molecule has 0 amide bonds. The Kier molecular flexibility index (Phi) is 6.25. The van der Waals surface area contributed by atoms with Gasteiger partial charge in [0, 0.05) is 6.04 Å². The first kappa shape index (κ1) is 19.2. The zero-order chi connectivity index (χ0) is 19.9. The Bertz CT molecular complexity index is 850. The summed E-state index contributed by atoms with van der Waals surface area (Å²) in [5.74, 6) is 1.39. The summed E-state index contributed by atoms with van der Waals surface area (Å²) in [6.45, 7) is 0. The highest BCUT2D eigenvalue weighted by Gasteiger charge is 2.19. The van der Waals surface area contributed by atoms with Gasteiger partial charge in [-0.25, -0.2) is 9.97 Å². The average Bonchev–Trinajstić information content (AvgIpc) is 3.04. The van der Waals surface area contributed by atoms with Crippen LogP contribution < -0.4 is 16.4 Å². The van der Waals surface area contributed by atoms with Gasteiger partial charge in [0.15, 0.2) is 11.6 Å². The first-order valence-electron chi connectivity index (χ1n) is 10.5. The highest BCUT2D eigenvalue weighted by atomic mass is 15.1. The van der Waals surface area contributed by atoms with Gasteiger partial charge in [0.05, 0.1) is 6.04 Å². The molecule has 1 aliphatic rings. The molecule has 5 heteroatoms. The lowest BCUT2D eigenvalue weighted by atomic mass is 9.99. The topological polar surface area (TPSA) is 75.9 Å². The van der Waals surface area contributed by atoms with Crippen LogP contribution in [0.2, 0.25) is 0 Å². The van der Waals surface area contributed by atoms with Crippen molar-refractivity contribution in [2.24, 2.45) is 0 Å². The van der Waals surface area contributed by atoms with Gasteiger partial charge in [0.2, 0.25) is 0 Å². The van der Waals surface area contributed by atoms with Crippen molar-refractivity contribution in [3.05, 3.63) is 78.1 Å². The molecule has 0 radical (unpaired) electrons. The molecule has 0 atom stereocenters. The minimum absolute atomic E-state index is 0.0414. The third-order valence-electron chi connectivity index (χ3n) is 5.63. The summed E-state index contributed by atoms with van der Waals surface area (Å²) in [4.78, 5) is 8.88.